The molecule has 1 heterocycles. The summed E-state index contributed by atoms with van der Waals surface area (Å²) >= 11 is 0. The van der Waals surface area contributed by atoms with Gasteiger partial charge in [-0.2, -0.15) is 0 Å². The van der Waals surface area contributed by atoms with E-state index in [9.17, 15) is 9.59 Å². The third-order valence-corrected chi connectivity index (χ3v) is 3.38. The summed E-state index contributed by atoms with van der Waals surface area (Å²) in [4.78, 5) is 25.0. The smallest absolute Gasteiger partial charge is 0.320 e. The van der Waals surface area contributed by atoms with E-state index >= 15 is 0 Å². The average molecular weight is 256 g/mol. The van der Waals surface area contributed by atoms with Crippen molar-refractivity contribution in [1.29, 1.82) is 0 Å². The number of likely N-dealkylation sites (tertiary alicyclic amines) is 1. The second-order valence-corrected chi connectivity index (χ2v) is 4.95. The molecule has 0 aromatic rings. The minimum Gasteiger partial charge on any atom is -0.480 e. The van der Waals surface area contributed by atoms with E-state index in [1.807, 2.05) is 11.8 Å². The van der Waals surface area contributed by atoms with Crippen LogP contribution in [0.4, 0.5) is 0 Å². The van der Waals surface area contributed by atoms with Crippen molar-refractivity contribution >= 4 is 11.9 Å². The summed E-state index contributed by atoms with van der Waals surface area (Å²) in [6.45, 7) is 5.38. The molecule has 1 saturated heterocycles. The maximum Gasteiger partial charge on any atom is 0.320 e. The molecule has 0 bridgehead atoms. The number of aliphatic carboxylic acids is 1. The molecule has 104 valence electrons. The van der Waals surface area contributed by atoms with Gasteiger partial charge in [-0.3, -0.25) is 14.9 Å². The molecule has 18 heavy (non-hydrogen) atoms. The van der Waals surface area contributed by atoms with Crippen molar-refractivity contribution in [2.24, 2.45) is 0 Å². The highest BCUT2D eigenvalue weighted by atomic mass is 16.4. The largest absolute Gasteiger partial charge is 0.480 e. The lowest BCUT2D eigenvalue weighted by Gasteiger charge is -2.24. The van der Waals surface area contributed by atoms with E-state index in [4.69, 9.17) is 5.11 Å². The van der Waals surface area contributed by atoms with E-state index < -0.39 is 18.1 Å². The number of nitrogens with one attached hydrogen (secondary N) is 1. The van der Waals surface area contributed by atoms with E-state index in [2.05, 4.69) is 5.32 Å². The second kappa shape index (κ2) is 7.36. The minimum absolute atomic E-state index is 0.0234. The first-order valence-corrected chi connectivity index (χ1v) is 6.84. The Morgan fingerprint density at radius 2 is 1.94 bits per heavy atom. The number of hydrogen-bond donors (Lipinski definition) is 2. The Bertz CT molecular complexity index is 288. The van der Waals surface area contributed by atoms with Crippen LogP contribution in [0.15, 0.2) is 0 Å². The van der Waals surface area contributed by atoms with Crippen LogP contribution in [0.5, 0.6) is 0 Å². The van der Waals surface area contributed by atoms with Crippen molar-refractivity contribution in [3.63, 3.8) is 0 Å². The van der Waals surface area contributed by atoms with Crippen molar-refractivity contribution in [3.8, 4) is 0 Å². The van der Waals surface area contributed by atoms with E-state index in [1.165, 1.54) is 0 Å². The van der Waals surface area contributed by atoms with E-state index in [0.29, 0.717) is 6.42 Å². The van der Waals surface area contributed by atoms with Crippen LogP contribution in [0.1, 0.15) is 46.0 Å². The molecule has 2 unspecified atom stereocenters. The molecule has 0 radical (unpaired) electrons. The first-order chi connectivity index (χ1) is 8.56. The average Bonchev–Trinajstić information content (AvgIpc) is 2.86. The fraction of sp³-hybridized carbons (Fsp3) is 0.846. The molecular weight excluding hydrogens is 232 g/mol. The Labute approximate surface area is 109 Å². The summed E-state index contributed by atoms with van der Waals surface area (Å²) in [5, 5.41) is 12.0. The van der Waals surface area contributed by atoms with Crippen LogP contribution in [-0.2, 0) is 9.59 Å². The van der Waals surface area contributed by atoms with Gasteiger partial charge in [-0.1, -0.05) is 19.8 Å². The molecule has 1 aliphatic heterocycles. The Kier molecular flexibility index (Phi) is 6.12. The fourth-order valence-electron chi connectivity index (χ4n) is 2.27. The molecule has 0 aromatic heterocycles. The Balaban J connectivity index is 2.46. The van der Waals surface area contributed by atoms with Crippen molar-refractivity contribution in [2.75, 3.05) is 13.1 Å². The van der Waals surface area contributed by atoms with Crippen LogP contribution in [-0.4, -0.2) is 47.1 Å². The number of amides is 1. The number of rotatable bonds is 7. The third kappa shape index (κ3) is 4.29. The lowest BCUT2D eigenvalue weighted by Crippen LogP contribution is -2.50. The zero-order valence-corrected chi connectivity index (χ0v) is 11.3. The second-order valence-electron chi connectivity index (χ2n) is 4.95. The molecule has 5 heteroatoms. The van der Waals surface area contributed by atoms with Gasteiger partial charge in [0.25, 0.3) is 0 Å². The number of unbranched alkanes of at least 4 members (excludes halogenated alkanes) is 1. The predicted octanol–water partition coefficient (Wildman–Crippen LogP) is 1.23. The van der Waals surface area contributed by atoms with Crippen molar-refractivity contribution in [1.82, 2.24) is 10.2 Å². The minimum atomic E-state index is -0.871. The molecule has 2 atom stereocenters. The summed E-state index contributed by atoms with van der Waals surface area (Å²) in [6.07, 6.45) is 4.49. The zero-order valence-electron chi connectivity index (χ0n) is 11.3. The topological polar surface area (TPSA) is 69.6 Å². The van der Waals surface area contributed by atoms with Gasteiger partial charge in [-0.05, 0) is 26.2 Å². The van der Waals surface area contributed by atoms with Gasteiger partial charge in [0.05, 0.1) is 6.04 Å². The van der Waals surface area contributed by atoms with Crippen LogP contribution in [0, 0.1) is 0 Å². The highest BCUT2D eigenvalue weighted by Gasteiger charge is 2.27. The maximum atomic E-state index is 12.0. The highest BCUT2D eigenvalue weighted by molar-refractivity contribution is 5.83. The van der Waals surface area contributed by atoms with Gasteiger partial charge in [0.1, 0.15) is 6.04 Å². The lowest BCUT2D eigenvalue weighted by atomic mass is 10.1. The lowest BCUT2D eigenvalue weighted by molar-refractivity contribution is -0.140. The number of carboxylic acid groups (broad SMARTS) is 1. The van der Waals surface area contributed by atoms with Crippen LogP contribution in [0.25, 0.3) is 0 Å². The number of carboxylic acids is 1. The molecule has 1 rings (SSSR count). The van der Waals surface area contributed by atoms with Crippen molar-refractivity contribution in [2.45, 2.75) is 58.0 Å². The van der Waals surface area contributed by atoms with Gasteiger partial charge in [0, 0.05) is 13.1 Å². The summed E-state index contributed by atoms with van der Waals surface area (Å²) in [7, 11) is 0. The molecule has 1 aliphatic rings. The third-order valence-electron chi connectivity index (χ3n) is 3.38. The molecule has 2 N–H and O–H groups in total. The number of carbonyl (C=O) groups is 2. The quantitative estimate of drug-likeness (QED) is 0.719. The maximum absolute atomic E-state index is 12.0. The first kappa shape index (κ1) is 15.0. The standard InChI is InChI=1S/C13H24N2O3/c1-3-4-7-11(13(17)18)14-10(2)12(16)15-8-5-6-9-15/h10-11,14H,3-9H2,1-2H3,(H,17,18). The van der Waals surface area contributed by atoms with Crippen molar-refractivity contribution < 1.29 is 14.7 Å². The molecule has 1 fully saturated rings. The van der Waals surface area contributed by atoms with Crippen LogP contribution < -0.4 is 5.32 Å². The normalized spacial score (nSPS) is 18.7. The fourth-order valence-corrected chi connectivity index (χ4v) is 2.27. The number of nitrogens with zero attached hydrogens (tertiary/aromatic N) is 1. The van der Waals surface area contributed by atoms with Gasteiger partial charge >= 0.3 is 5.97 Å². The summed E-state index contributed by atoms with van der Waals surface area (Å²) in [6, 6.07) is -1.03. The van der Waals surface area contributed by atoms with Gasteiger partial charge in [0.2, 0.25) is 5.91 Å². The summed E-state index contributed by atoms with van der Waals surface area (Å²) < 4.78 is 0. The Morgan fingerprint density at radius 1 is 1.33 bits per heavy atom. The number of hydrogen-bond acceptors (Lipinski definition) is 3. The van der Waals surface area contributed by atoms with E-state index in [0.717, 1.165) is 38.8 Å². The number of carbonyl (C=O) groups excluding carboxylic acids is 1. The van der Waals surface area contributed by atoms with Gasteiger partial charge in [-0.15, -0.1) is 0 Å². The van der Waals surface area contributed by atoms with Gasteiger partial charge < -0.3 is 10.0 Å². The van der Waals surface area contributed by atoms with Crippen LogP contribution in [0.3, 0.4) is 0 Å². The molecule has 0 aliphatic carbocycles. The van der Waals surface area contributed by atoms with Crippen LogP contribution >= 0.6 is 0 Å². The summed E-state index contributed by atoms with van der Waals surface area (Å²) in [5.74, 6) is -0.847. The molecule has 1 amide bonds. The Morgan fingerprint density at radius 3 is 2.44 bits per heavy atom. The van der Waals surface area contributed by atoms with E-state index in [-0.39, 0.29) is 5.91 Å². The molecule has 0 aromatic carbocycles. The zero-order chi connectivity index (χ0) is 13.5. The Hall–Kier alpha value is -1.10. The molecule has 0 spiro atoms. The highest BCUT2D eigenvalue weighted by Crippen LogP contribution is 2.10. The summed E-state index contributed by atoms with van der Waals surface area (Å²) in [5.41, 5.74) is 0. The molecular formula is C13H24N2O3. The van der Waals surface area contributed by atoms with E-state index in [1.54, 1.807) is 6.92 Å². The monoisotopic (exact) mass is 256 g/mol. The molecule has 5 nitrogen and oxygen atoms in total. The van der Waals surface area contributed by atoms with Crippen molar-refractivity contribution in [3.05, 3.63) is 0 Å². The predicted molar refractivity (Wildman–Crippen MR) is 69.4 cm³/mol. The SMILES string of the molecule is CCCCC(NC(C)C(=O)N1CCCC1)C(=O)O. The van der Waals surface area contributed by atoms with Gasteiger partial charge in [0.15, 0.2) is 0 Å². The van der Waals surface area contributed by atoms with Crippen LogP contribution in [0.2, 0.25) is 0 Å². The van der Waals surface area contributed by atoms with Gasteiger partial charge in [-0.25, -0.2) is 0 Å². The first-order valence-electron chi connectivity index (χ1n) is 6.84. The molecule has 0 saturated carbocycles.